The SMILES string of the molecule is C[C@H](Sc1nnc(-c2ccc[nH]2)o1)C(=O)N1CCC(Cc2ccccc2)CC1. The Morgan fingerprint density at radius 1 is 1.21 bits per heavy atom. The third kappa shape index (κ3) is 4.47. The number of hydrogen-bond donors (Lipinski definition) is 1. The summed E-state index contributed by atoms with van der Waals surface area (Å²) < 4.78 is 5.66. The second-order valence-corrected chi connectivity index (χ2v) is 8.47. The van der Waals surface area contributed by atoms with E-state index >= 15 is 0 Å². The molecule has 3 heterocycles. The van der Waals surface area contributed by atoms with E-state index < -0.39 is 0 Å². The normalized spacial score (nSPS) is 16.2. The number of nitrogens with one attached hydrogen (secondary N) is 1. The van der Waals surface area contributed by atoms with Gasteiger partial charge in [0.05, 0.1) is 5.25 Å². The lowest BCUT2D eigenvalue weighted by molar-refractivity contribution is -0.131. The molecule has 1 saturated heterocycles. The maximum Gasteiger partial charge on any atom is 0.277 e. The molecule has 4 rings (SSSR count). The van der Waals surface area contributed by atoms with Gasteiger partial charge in [0.25, 0.3) is 11.1 Å². The highest BCUT2D eigenvalue weighted by Gasteiger charge is 2.28. The number of hydrogen-bond acceptors (Lipinski definition) is 5. The van der Waals surface area contributed by atoms with E-state index in [1.165, 1.54) is 17.3 Å². The van der Waals surface area contributed by atoms with Crippen molar-refractivity contribution in [2.24, 2.45) is 5.92 Å². The summed E-state index contributed by atoms with van der Waals surface area (Å²) in [5.41, 5.74) is 2.16. The molecule has 1 amide bonds. The number of carbonyl (C=O) groups excluding carboxylic acids is 1. The van der Waals surface area contributed by atoms with E-state index in [0.717, 1.165) is 38.0 Å². The maximum atomic E-state index is 12.8. The number of likely N-dealkylation sites (tertiary alicyclic amines) is 1. The topological polar surface area (TPSA) is 75.0 Å². The Bertz CT molecular complexity index is 886. The number of carbonyl (C=O) groups is 1. The first-order chi connectivity index (χ1) is 13.7. The smallest absolute Gasteiger partial charge is 0.277 e. The molecule has 1 aromatic carbocycles. The first kappa shape index (κ1) is 18.8. The van der Waals surface area contributed by atoms with Crippen LogP contribution in [0.25, 0.3) is 11.6 Å². The minimum Gasteiger partial charge on any atom is -0.410 e. The quantitative estimate of drug-likeness (QED) is 0.637. The van der Waals surface area contributed by atoms with Crippen molar-refractivity contribution in [1.82, 2.24) is 20.1 Å². The molecular formula is C21H24N4O2S. The van der Waals surface area contributed by atoms with Crippen LogP contribution in [0.5, 0.6) is 0 Å². The number of H-pyrrole nitrogens is 1. The molecule has 146 valence electrons. The summed E-state index contributed by atoms with van der Waals surface area (Å²) in [6.07, 6.45) is 5.00. The second kappa shape index (κ2) is 8.65. The van der Waals surface area contributed by atoms with Gasteiger partial charge in [-0.05, 0) is 49.8 Å². The molecule has 28 heavy (non-hydrogen) atoms. The number of amides is 1. The number of piperidine rings is 1. The van der Waals surface area contributed by atoms with Crippen molar-refractivity contribution in [1.29, 1.82) is 0 Å². The van der Waals surface area contributed by atoms with Crippen LogP contribution in [0, 0.1) is 5.92 Å². The van der Waals surface area contributed by atoms with Crippen molar-refractivity contribution in [3.63, 3.8) is 0 Å². The van der Waals surface area contributed by atoms with Crippen LogP contribution in [0.1, 0.15) is 25.3 Å². The number of rotatable bonds is 6. The fourth-order valence-electron chi connectivity index (χ4n) is 3.59. The molecule has 0 unspecified atom stereocenters. The molecule has 1 N–H and O–H groups in total. The van der Waals surface area contributed by atoms with Crippen LogP contribution in [0.15, 0.2) is 58.3 Å². The Labute approximate surface area is 168 Å². The standard InChI is InChI=1S/C21H24N4O2S/c1-15(28-21-24-23-19(27-21)18-8-5-11-22-18)20(26)25-12-9-17(10-13-25)14-16-6-3-2-4-7-16/h2-8,11,15,17,22H,9-10,12-14H2,1H3/t15-/m0/s1. The van der Waals surface area contributed by atoms with Gasteiger partial charge >= 0.3 is 0 Å². The maximum absolute atomic E-state index is 12.8. The van der Waals surface area contributed by atoms with E-state index in [-0.39, 0.29) is 11.2 Å². The Hall–Kier alpha value is -2.54. The zero-order valence-corrected chi connectivity index (χ0v) is 16.7. The average Bonchev–Trinajstić information content (AvgIpc) is 3.40. The van der Waals surface area contributed by atoms with Crippen molar-refractivity contribution < 1.29 is 9.21 Å². The molecule has 0 saturated carbocycles. The molecule has 1 atom stereocenters. The van der Waals surface area contributed by atoms with Gasteiger partial charge in [-0.3, -0.25) is 4.79 Å². The Morgan fingerprint density at radius 3 is 2.71 bits per heavy atom. The van der Waals surface area contributed by atoms with Gasteiger partial charge < -0.3 is 14.3 Å². The van der Waals surface area contributed by atoms with Crippen LogP contribution in [-0.4, -0.2) is 44.3 Å². The molecule has 6 nitrogen and oxygen atoms in total. The number of benzene rings is 1. The highest BCUT2D eigenvalue weighted by Crippen LogP contribution is 2.28. The molecule has 1 fully saturated rings. The third-order valence-corrected chi connectivity index (χ3v) is 6.08. The summed E-state index contributed by atoms with van der Waals surface area (Å²) >= 11 is 1.32. The Morgan fingerprint density at radius 2 is 2.00 bits per heavy atom. The van der Waals surface area contributed by atoms with Crippen molar-refractivity contribution in [3.8, 4) is 11.6 Å². The van der Waals surface area contributed by atoms with Crippen LogP contribution in [-0.2, 0) is 11.2 Å². The first-order valence-electron chi connectivity index (χ1n) is 9.65. The molecule has 0 bridgehead atoms. The molecule has 7 heteroatoms. The lowest BCUT2D eigenvalue weighted by Crippen LogP contribution is -2.42. The van der Waals surface area contributed by atoms with Gasteiger partial charge in [-0.25, -0.2) is 0 Å². The minimum atomic E-state index is -0.248. The molecule has 0 aliphatic carbocycles. The van der Waals surface area contributed by atoms with E-state index in [4.69, 9.17) is 4.42 Å². The first-order valence-corrected chi connectivity index (χ1v) is 10.5. The minimum absolute atomic E-state index is 0.141. The summed E-state index contributed by atoms with van der Waals surface area (Å²) in [6.45, 7) is 3.54. The van der Waals surface area contributed by atoms with Gasteiger partial charge in [0, 0.05) is 19.3 Å². The summed E-state index contributed by atoms with van der Waals surface area (Å²) in [5, 5.41) is 8.27. The fourth-order valence-corrected chi connectivity index (χ4v) is 4.36. The zero-order chi connectivity index (χ0) is 19.3. The predicted molar refractivity (Wildman–Crippen MR) is 109 cm³/mol. The van der Waals surface area contributed by atoms with Gasteiger partial charge in [0.1, 0.15) is 5.69 Å². The number of aromatic nitrogens is 3. The third-order valence-electron chi connectivity index (χ3n) is 5.15. The van der Waals surface area contributed by atoms with Crippen molar-refractivity contribution in [2.45, 2.75) is 36.7 Å². The van der Waals surface area contributed by atoms with E-state index in [2.05, 4.69) is 39.4 Å². The van der Waals surface area contributed by atoms with Gasteiger partial charge in [-0.15, -0.1) is 10.2 Å². The van der Waals surface area contributed by atoms with Crippen LogP contribution in [0.2, 0.25) is 0 Å². The van der Waals surface area contributed by atoms with E-state index in [9.17, 15) is 4.79 Å². The van der Waals surface area contributed by atoms with Crippen LogP contribution in [0.4, 0.5) is 0 Å². The van der Waals surface area contributed by atoms with E-state index in [1.54, 1.807) is 6.20 Å². The molecule has 1 aliphatic heterocycles. The molecular weight excluding hydrogens is 372 g/mol. The van der Waals surface area contributed by atoms with E-state index in [1.807, 2.05) is 30.0 Å². The Balaban J connectivity index is 1.28. The Kier molecular flexibility index (Phi) is 5.81. The average molecular weight is 397 g/mol. The number of nitrogens with zero attached hydrogens (tertiary/aromatic N) is 3. The van der Waals surface area contributed by atoms with Crippen LogP contribution in [0.3, 0.4) is 0 Å². The van der Waals surface area contributed by atoms with Gasteiger partial charge in [-0.1, -0.05) is 42.1 Å². The van der Waals surface area contributed by atoms with Crippen LogP contribution >= 0.6 is 11.8 Å². The lowest BCUT2D eigenvalue weighted by Gasteiger charge is -2.33. The molecule has 0 radical (unpaired) electrons. The van der Waals surface area contributed by atoms with Gasteiger partial charge in [-0.2, -0.15) is 0 Å². The monoisotopic (exact) mass is 396 g/mol. The van der Waals surface area contributed by atoms with E-state index in [0.29, 0.717) is 17.0 Å². The number of aromatic amines is 1. The molecule has 2 aromatic heterocycles. The summed E-state index contributed by atoms with van der Waals surface area (Å²) in [6, 6.07) is 14.3. The van der Waals surface area contributed by atoms with Crippen molar-refractivity contribution in [2.75, 3.05) is 13.1 Å². The molecule has 3 aromatic rings. The van der Waals surface area contributed by atoms with Gasteiger partial charge in [0.15, 0.2) is 0 Å². The molecule has 1 aliphatic rings. The lowest BCUT2D eigenvalue weighted by atomic mass is 9.90. The van der Waals surface area contributed by atoms with Gasteiger partial charge in [0.2, 0.25) is 5.91 Å². The number of thioether (sulfide) groups is 1. The summed E-state index contributed by atoms with van der Waals surface area (Å²) in [7, 11) is 0. The highest BCUT2D eigenvalue weighted by molar-refractivity contribution is 8.00. The predicted octanol–water partition coefficient (Wildman–Crippen LogP) is 4.03. The van der Waals surface area contributed by atoms with Crippen molar-refractivity contribution >= 4 is 17.7 Å². The van der Waals surface area contributed by atoms with Crippen LogP contribution < -0.4 is 0 Å². The zero-order valence-electron chi connectivity index (χ0n) is 15.9. The summed E-state index contributed by atoms with van der Waals surface area (Å²) in [4.78, 5) is 17.8. The fraction of sp³-hybridized carbons (Fsp3) is 0.381. The second-order valence-electron chi connectivity index (χ2n) is 7.18. The largest absolute Gasteiger partial charge is 0.410 e. The summed E-state index contributed by atoms with van der Waals surface area (Å²) in [5.74, 6) is 1.23. The highest BCUT2D eigenvalue weighted by atomic mass is 32.2. The molecule has 0 spiro atoms. The van der Waals surface area contributed by atoms with Crippen molar-refractivity contribution in [3.05, 3.63) is 54.2 Å².